The van der Waals surface area contributed by atoms with E-state index in [1.807, 2.05) is 36.4 Å². The fourth-order valence-electron chi connectivity index (χ4n) is 3.16. The van der Waals surface area contributed by atoms with Crippen molar-refractivity contribution in [3.05, 3.63) is 87.9 Å². The minimum Gasteiger partial charge on any atom is -0.392 e. The summed E-state index contributed by atoms with van der Waals surface area (Å²) >= 11 is 14.2. The second-order valence-corrected chi connectivity index (χ2v) is 8.41. The first-order chi connectivity index (χ1) is 13.6. The van der Waals surface area contributed by atoms with Crippen LogP contribution in [-0.2, 0) is 6.61 Å². The molecule has 1 heterocycles. The van der Waals surface area contributed by atoms with Crippen LogP contribution in [0.1, 0.15) is 11.1 Å². The number of fused-ring (bicyclic) bond motifs is 1. The zero-order valence-corrected chi connectivity index (χ0v) is 17.4. The number of hydrogen-bond donors (Lipinski definition) is 1. The van der Waals surface area contributed by atoms with Gasteiger partial charge in [0.05, 0.1) is 22.8 Å². The summed E-state index contributed by atoms with van der Waals surface area (Å²) in [6.45, 7) is 1.92. The van der Waals surface area contributed by atoms with Gasteiger partial charge in [-0.15, -0.1) is 0 Å². The van der Waals surface area contributed by atoms with Crippen molar-refractivity contribution in [1.82, 2.24) is 4.98 Å². The number of aromatic nitrogens is 1. The SMILES string of the molecule is Cc1ccc2nc(-c3ccc(Cl)cc3Cl)c(CO)c(Sc3ccccc3)c2c1. The van der Waals surface area contributed by atoms with Gasteiger partial charge in [-0.05, 0) is 49.4 Å². The highest BCUT2D eigenvalue weighted by Crippen LogP contribution is 2.42. The Labute approximate surface area is 178 Å². The summed E-state index contributed by atoms with van der Waals surface area (Å²) in [4.78, 5) is 6.94. The molecule has 0 aliphatic heterocycles. The number of rotatable bonds is 4. The zero-order valence-electron chi connectivity index (χ0n) is 15.1. The predicted octanol–water partition coefficient (Wildman–Crippen LogP) is 7.16. The first kappa shape index (κ1) is 19.3. The lowest BCUT2D eigenvalue weighted by molar-refractivity contribution is 0.279. The van der Waals surface area contributed by atoms with Crippen LogP contribution in [0.4, 0.5) is 0 Å². The van der Waals surface area contributed by atoms with Crippen LogP contribution in [0.15, 0.2) is 76.5 Å². The Kier molecular flexibility index (Phi) is 5.61. The van der Waals surface area contributed by atoms with Gasteiger partial charge in [0.2, 0.25) is 0 Å². The number of aryl methyl sites for hydroxylation is 1. The first-order valence-electron chi connectivity index (χ1n) is 8.79. The van der Waals surface area contributed by atoms with Crippen molar-refractivity contribution in [2.45, 2.75) is 23.3 Å². The Bertz CT molecular complexity index is 1160. The van der Waals surface area contributed by atoms with E-state index in [9.17, 15) is 5.11 Å². The van der Waals surface area contributed by atoms with Gasteiger partial charge in [0.15, 0.2) is 0 Å². The summed E-state index contributed by atoms with van der Waals surface area (Å²) in [5, 5.41) is 12.4. The van der Waals surface area contributed by atoms with Crippen molar-refractivity contribution in [2.75, 3.05) is 0 Å². The minimum absolute atomic E-state index is 0.139. The predicted molar refractivity (Wildman–Crippen MR) is 118 cm³/mol. The van der Waals surface area contributed by atoms with Crippen LogP contribution in [0, 0.1) is 6.92 Å². The maximum atomic E-state index is 10.3. The molecule has 0 aliphatic carbocycles. The maximum Gasteiger partial charge on any atom is 0.0791 e. The molecule has 0 aliphatic rings. The molecule has 140 valence electrons. The first-order valence-corrected chi connectivity index (χ1v) is 10.4. The van der Waals surface area contributed by atoms with E-state index in [-0.39, 0.29) is 6.61 Å². The van der Waals surface area contributed by atoms with Gasteiger partial charge in [-0.25, -0.2) is 4.98 Å². The lowest BCUT2D eigenvalue weighted by Gasteiger charge is -2.17. The number of pyridine rings is 1. The largest absolute Gasteiger partial charge is 0.392 e. The summed E-state index contributed by atoms with van der Waals surface area (Å²) in [7, 11) is 0. The van der Waals surface area contributed by atoms with Crippen LogP contribution >= 0.6 is 35.0 Å². The molecule has 0 amide bonds. The third kappa shape index (κ3) is 3.76. The van der Waals surface area contributed by atoms with E-state index < -0.39 is 0 Å². The van der Waals surface area contributed by atoms with Crippen LogP contribution in [-0.4, -0.2) is 10.1 Å². The van der Waals surface area contributed by atoms with Crippen LogP contribution < -0.4 is 0 Å². The number of benzene rings is 3. The van der Waals surface area contributed by atoms with Crippen LogP contribution in [0.25, 0.3) is 22.2 Å². The Morgan fingerprint density at radius 3 is 2.46 bits per heavy atom. The molecule has 3 aromatic carbocycles. The van der Waals surface area contributed by atoms with Crippen LogP contribution in [0.5, 0.6) is 0 Å². The molecule has 0 spiro atoms. The van der Waals surface area contributed by atoms with E-state index in [4.69, 9.17) is 28.2 Å². The van der Waals surface area contributed by atoms with Gasteiger partial charge in [0, 0.05) is 31.3 Å². The quantitative estimate of drug-likeness (QED) is 0.376. The molecule has 4 aromatic rings. The van der Waals surface area contributed by atoms with Crippen molar-refractivity contribution >= 4 is 45.9 Å². The average Bonchev–Trinajstić information content (AvgIpc) is 2.69. The zero-order chi connectivity index (χ0) is 19.7. The van der Waals surface area contributed by atoms with Gasteiger partial charge in [0.25, 0.3) is 0 Å². The van der Waals surface area contributed by atoms with Crippen LogP contribution in [0.3, 0.4) is 0 Å². The molecule has 4 rings (SSSR count). The second-order valence-electron chi connectivity index (χ2n) is 6.49. The Balaban J connectivity index is 2.02. The van der Waals surface area contributed by atoms with Crippen molar-refractivity contribution in [1.29, 1.82) is 0 Å². The molecule has 0 saturated carbocycles. The van der Waals surface area contributed by atoms with E-state index in [2.05, 4.69) is 25.1 Å². The van der Waals surface area contributed by atoms with E-state index in [1.165, 1.54) is 0 Å². The molecular weight excluding hydrogens is 409 g/mol. The fraction of sp³-hybridized carbons (Fsp3) is 0.0870. The fourth-order valence-corrected chi connectivity index (χ4v) is 4.75. The van der Waals surface area contributed by atoms with Gasteiger partial charge in [-0.1, -0.05) is 64.8 Å². The summed E-state index contributed by atoms with van der Waals surface area (Å²) in [6, 6.07) is 21.6. The molecule has 1 aromatic heterocycles. The van der Waals surface area contributed by atoms with Crippen LogP contribution in [0.2, 0.25) is 10.0 Å². The number of aliphatic hydroxyl groups excluding tert-OH is 1. The maximum absolute atomic E-state index is 10.3. The second kappa shape index (κ2) is 8.14. The van der Waals surface area contributed by atoms with Crippen molar-refractivity contribution < 1.29 is 5.11 Å². The number of hydrogen-bond acceptors (Lipinski definition) is 3. The standard InChI is InChI=1S/C23H17Cl2NOS/c1-14-7-10-21-18(11-14)23(28-16-5-3-2-4-6-16)19(13-27)22(26-21)17-9-8-15(24)12-20(17)25/h2-12,27H,13H2,1H3. The minimum atomic E-state index is -0.139. The van der Waals surface area contributed by atoms with Crippen molar-refractivity contribution in [3.63, 3.8) is 0 Å². The highest BCUT2D eigenvalue weighted by Gasteiger charge is 2.19. The summed E-state index contributed by atoms with van der Waals surface area (Å²) < 4.78 is 0. The van der Waals surface area contributed by atoms with Gasteiger partial charge in [-0.3, -0.25) is 0 Å². The summed E-state index contributed by atoms with van der Waals surface area (Å²) in [6.07, 6.45) is 0. The lowest BCUT2D eigenvalue weighted by Crippen LogP contribution is -1.99. The van der Waals surface area contributed by atoms with Crippen molar-refractivity contribution in [2.24, 2.45) is 0 Å². The van der Waals surface area contributed by atoms with E-state index in [1.54, 1.807) is 23.9 Å². The summed E-state index contributed by atoms with van der Waals surface area (Å²) in [5.74, 6) is 0. The normalized spacial score (nSPS) is 11.1. The van der Waals surface area contributed by atoms with Gasteiger partial charge < -0.3 is 5.11 Å². The van der Waals surface area contributed by atoms with Crippen molar-refractivity contribution in [3.8, 4) is 11.3 Å². The number of nitrogens with zero attached hydrogens (tertiary/aromatic N) is 1. The van der Waals surface area contributed by atoms with E-state index >= 15 is 0 Å². The van der Waals surface area contributed by atoms with E-state index in [0.29, 0.717) is 15.7 Å². The third-order valence-corrected chi connectivity index (χ3v) is 6.22. The van der Waals surface area contributed by atoms with Gasteiger partial charge in [-0.2, -0.15) is 0 Å². The Morgan fingerprint density at radius 2 is 1.75 bits per heavy atom. The Hall–Kier alpha value is -2.04. The average molecular weight is 426 g/mol. The molecule has 2 nitrogen and oxygen atoms in total. The molecule has 0 fully saturated rings. The highest BCUT2D eigenvalue weighted by molar-refractivity contribution is 7.99. The van der Waals surface area contributed by atoms with Gasteiger partial charge in [0.1, 0.15) is 0 Å². The smallest absolute Gasteiger partial charge is 0.0791 e. The monoisotopic (exact) mass is 425 g/mol. The lowest BCUT2D eigenvalue weighted by atomic mass is 10.0. The highest BCUT2D eigenvalue weighted by atomic mass is 35.5. The topological polar surface area (TPSA) is 33.1 Å². The third-order valence-electron chi connectivity index (χ3n) is 4.50. The number of halogens is 2. The molecule has 28 heavy (non-hydrogen) atoms. The summed E-state index contributed by atoms with van der Waals surface area (Å²) in [5.41, 5.74) is 4.20. The van der Waals surface area contributed by atoms with Gasteiger partial charge >= 0.3 is 0 Å². The number of aliphatic hydroxyl groups is 1. The molecule has 0 bridgehead atoms. The molecule has 0 saturated heterocycles. The Morgan fingerprint density at radius 1 is 0.964 bits per heavy atom. The van der Waals surface area contributed by atoms with E-state index in [0.717, 1.165) is 37.4 Å². The molecule has 1 N–H and O–H groups in total. The molecule has 0 unspecified atom stereocenters. The molecule has 5 heteroatoms. The molecule has 0 radical (unpaired) electrons. The molecular formula is C23H17Cl2NOS. The molecule has 0 atom stereocenters.